The van der Waals surface area contributed by atoms with Gasteiger partial charge in [-0.3, -0.25) is 0 Å². The van der Waals surface area contributed by atoms with Crippen molar-refractivity contribution in [2.75, 3.05) is 24.6 Å². The molecule has 4 aromatic rings. The number of anilines is 1. The van der Waals surface area contributed by atoms with E-state index in [4.69, 9.17) is 9.47 Å². The van der Waals surface area contributed by atoms with E-state index >= 15 is 8.78 Å². The molecular formula is C30H28F2N2O3. The summed E-state index contributed by atoms with van der Waals surface area (Å²) in [5, 5.41) is 9.42. The van der Waals surface area contributed by atoms with E-state index in [2.05, 4.69) is 4.98 Å². The van der Waals surface area contributed by atoms with E-state index in [0.717, 1.165) is 17.5 Å². The first-order valence-electron chi connectivity index (χ1n) is 12.3. The number of rotatable bonds is 9. The minimum atomic E-state index is -0.702. The Labute approximate surface area is 214 Å². The number of hydrogen-bond acceptors (Lipinski definition) is 5. The van der Waals surface area contributed by atoms with Gasteiger partial charge in [-0.15, -0.1) is 0 Å². The molecule has 190 valence electrons. The van der Waals surface area contributed by atoms with Crippen molar-refractivity contribution in [2.45, 2.75) is 19.6 Å². The molecule has 1 aliphatic rings. The summed E-state index contributed by atoms with van der Waals surface area (Å²) in [6.07, 6.45) is 0.785. The molecule has 1 atom stereocenters. The quantitative estimate of drug-likeness (QED) is 0.304. The van der Waals surface area contributed by atoms with Crippen LogP contribution in [-0.2, 0) is 13.2 Å². The van der Waals surface area contributed by atoms with Crippen molar-refractivity contribution in [3.63, 3.8) is 0 Å². The molecule has 0 saturated carbocycles. The van der Waals surface area contributed by atoms with Gasteiger partial charge in [0.2, 0.25) is 11.8 Å². The first kappa shape index (κ1) is 24.7. The molecule has 1 aromatic heterocycles. The summed E-state index contributed by atoms with van der Waals surface area (Å²) >= 11 is 0. The minimum absolute atomic E-state index is 0.0615. The molecule has 1 saturated heterocycles. The van der Waals surface area contributed by atoms with Crippen LogP contribution in [0.25, 0.3) is 11.1 Å². The Hall–Kier alpha value is -3.97. The van der Waals surface area contributed by atoms with Crippen LogP contribution >= 0.6 is 0 Å². The number of ether oxygens (including phenoxy) is 2. The largest absolute Gasteiger partial charge is 0.473 e. The standard InChI is InChI=1S/C30H28F2N2O3/c31-26-15-24(34-14-13-23(17-34)18-35)16-27(32)29(26)25-11-12-28(36-19-21-7-3-1-4-8-21)33-30(25)37-20-22-9-5-2-6-10-22/h1-12,15-16,23,35H,13-14,17-20H2. The highest BCUT2D eigenvalue weighted by Gasteiger charge is 2.25. The van der Waals surface area contributed by atoms with Crippen LogP contribution in [0.4, 0.5) is 14.5 Å². The third-order valence-electron chi connectivity index (χ3n) is 6.49. The zero-order valence-corrected chi connectivity index (χ0v) is 20.3. The summed E-state index contributed by atoms with van der Waals surface area (Å²) in [5.41, 5.74) is 2.33. The van der Waals surface area contributed by atoms with E-state index in [0.29, 0.717) is 31.3 Å². The lowest BCUT2D eigenvalue weighted by atomic mass is 10.0. The van der Waals surface area contributed by atoms with Gasteiger partial charge in [0.25, 0.3) is 0 Å². The van der Waals surface area contributed by atoms with Crippen LogP contribution in [-0.4, -0.2) is 29.8 Å². The lowest BCUT2D eigenvalue weighted by Gasteiger charge is -2.20. The fraction of sp³-hybridized carbons (Fsp3) is 0.233. The number of halogens is 2. The van der Waals surface area contributed by atoms with Crippen LogP contribution in [0.2, 0.25) is 0 Å². The van der Waals surface area contributed by atoms with Crippen molar-refractivity contribution in [3.8, 4) is 22.9 Å². The maximum atomic E-state index is 15.4. The lowest BCUT2D eigenvalue weighted by molar-refractivity contribution is 0.238. The van der Waals surface area contributed by atoms with Crippen molar-refractivity contribution in [3.05, 3.63) is 108 Å². The summed E-state index contributed by atoms with van der Waals surface area (Å²) in [6.45, 7) is 1.75. The third-order valence-corrected chi connectivity index (χ3v) is 6.49. The Morgan fingerprint density at radius 2 is 1.46 bits per heavy atom. The van der Waals surface area contributed by atoms with E-state index in [9.17, 15) is 5.11 Å². The molecule has 1 unspecified atom stereocenters. The number of nitrogens with zero attached hydrogens (tertiary/aromatic N) is 2. The third kappa shape index (κ3) is 5.89. The van der Waals surface area contributed by atoms with Crippen molar-refractivity contribution >= 4 is 5.69 Å². The monoisotopic (exact) mass is 502 g/mol. The number of aliphatic hydroxyl groups excluding tert-OH is 1. The van der Waals surface area contributed by atoms with Crippen LogP contribution in [0, 0.1) is 17.6 Å². The second-order valence-corrected chi connectivity index (χ2v) is 9.12. The maximum absolute atomic E-state index is 15.4. The van der Waals surface area contributed by atoms with E-state index in [1.807, 2.05) is 65.6 Å². The molecule has 0 spiro atoms. The van der Waals surface area contributed by atoms with Crippen molar-refractivity contribution in [2.24, 2.45) is 5.92 Å². The molecule has 37 heavy (non-hydrogen) atoms. The number of aromatic nitrogens is 1. The molecule has 0 amide bonds. The highest BCUT2D eigenvalue weighted by Crippen LogP contribution is 2.37. The van der Waals surface area contributed by atoms with Crippen molar-refractivity contribution in [1.82, 2.24) is 4.98 Å². The molecule has 2 heterocycles. The van der Waals surface area contributed by atoms with Gasteiger partial charge >= 0.3 is 0 Å². The van der Waals surface area contributed by atoms with E-state index < -0.39 is 11.6 Å². The van der Waals surface area contributed by atoms with Crippen LogP contribution in [0.1, 0.15) is 17.5 Å². The summed E-state index contributed by atoms with van der Waals surface area (Å²) in [7, 11) is 0. The smallest absolute Gasteiger partial charge is 0.225 e. The summed E-state index contributed by atoms with van der Waals surface area (Å²) in [4.78, 5) is 6.36. The Morgan fingerprint density at radius 3 is 2.05 bits per heavy atom. The number of hydrogen-bond donors (Lipinski definition) is 1. The van der Waals surface area contributed by atoms with Crippen molar-refractivity contribution in [1.29, 1.82) is 0 Å². The maximum Gasteiger partial charge on any atom is 0.225 e. The Kier molecular flexibility index (Phi) is 7.61. The van der Waals surface area contributed by atoms with Gasteiger partial charge in [0.05, 0.1) is 11.1 Å². The van der Waals surface area contributed by atoms with E-state index in [1.54, 1.807) is 12.1 Å². The highest BCUT2D eigenvalue weighted by atomic mass is 19.1. The van der Waals surface area contributed by atoms with Gasteiger partial charge in [-0.1, -0.05) is 60.7 Å². The normalized spacial score (nSPS) is 15.1. The van der Waals surface area contributed by atoms with E-state index in [-0.39, 0.29) is 36.1 Å². The van der Waals surface area contributed by atoms with Gasteiger partial charge in [0.1, 0.15) is 24.8 Å². The first-order valence-corrected chi connectivity index (χ1v) is 12.3. The fourth-order valence-corrected chi connectivity index (χ4v) is 4.48. The Morgan fingerprint density at radius 1 is 0.838 bits per heavy atom. The van der Waals surface area contributed by atoms with Gasteiger partial charge in [0, 0.05) is 37.4 Å². The molecule has 5 rings (SSSR count). The average molecular weight is 503 g/mol. The molecule has 3 aromatic carbocycles. The molecule has 5 nitrogen and oxygen atoms in total. The highest BCUT2D eigenvalue weighted by molar-refractivity contribution is 5.72. The molecule has 0 aliphatic carbocycles. The second kappa shape index (κ2) is 11.4. The molecule has 7 heteroatoms. The van der Waals surface area contributed by atoms with Gasteiger partial charge < -0.3 is 19.5 Å². The van der Waals surface area contributed by atoms with Crippen molar-refractivity contribution < 1.29 is 23.4 Å². The van der Waals surface area contributed by atoms with Gasteiger partial charge in [0.15, 0.2) is 0 Å². The zero-order chi connectivity index (χ0) is 25.6. The fourth-order valence-electron chi connectivity index (χ4n) is 4.48. The average Bonchev–Trinajstić information content (AvgIpc) is 3.42. The molecular weight excluding hydrogens is 474 g/mol. The molecule has 0 radical (unpaired) electrons. The second-order valence-electron chi connectivity index (χ2n) is 9.12. The van der Waals surface area contributed by atoms with Gasteiger partial charge in [-0.05, 0) is 35.7 Å². The predicted molar refractivity (Wildman–Crippen MR) is 139 cm³/mol. The van der Waals surface area contributed by atoms with E-state index in [1.165, 1.54) is 12.1 Å². The summed E-state index contributed by atoms with van der Waals surface area (Å²) < 4.78 is 42.6. The first-order chi connectivity index (χ1) is 18.1. The van der Waals surface area contributed by atoms with Crippen LogP contribution in [0.15, 0.2) is 84.9 Å². The Bertz CT molecular complexity index is 1310. The molecule has 1 N–H and O–H groups in total. The minimum Gasteiger partial charge on any atom is -0.473 e. The number of benzene rings is 3. The van der Waals surface area contributed by atoms with Crippen LogP contribution in [0.3, 0.4) is 0 Å². The molecule has 1 aliphatic heterocycles. The Balaban J connectivity index is 1.45. The predicted octanol–water partition coefficient (Wildman–Crippen LogP) is 6.00. The van der Waals surface area contributed by atoms with Gasteiger partial charge in [-0.2, -0.15) is 4.98 Å². The molecule has 1 fully saturated rings. The number of pyridine rings is 1. The molecule has 0 bridgehead atoms. The van der Waals surface area contributed by atoms with Gasteiger partial charge in [-0.25, -0.2) is 8.78 Å². The number of aliphatic hydroxyl groups is 1. The SMILES string of the molecule is OCC1CCN(c2cc(F)c(-c3ccc(OCc4ccccc4)nc3OCc3ccccc3)c(F)c2)C1. The van der Waals surface area contributed by atoms with Crippen LogP contribution < -0.4 is 14.4 Å². The zero-order valence-electron chi connectivity index (χ0n) is 20.3. The summed E-state index contributed by atoms with van der Waals surface area (Å²) in [6, 6.07) is 25.0. The van der Waals surface area contributed by atoms with Crippen LogP contribution in [0.5, 0.6) is 11.8 Å². The lowest BCUT2D eigenvalue weighted by Crippen LogP contribution is -2.21. The summed E-state index contributed by atoms with van der Waals surface area (Å²) in [5.74, 6) is -0.920. The topological polar surface area (TPSA) is 54.8 Å².